The topological polar surface area (TPSA) is 70.7 Å². The van der Waals surface area contributed by atoms with Crippen LogP contribution >= 0.6 is 0 Å². The number of benzene rings is 1. The van der Waals surface area contributed by atoms with Crippen LogP contribution in [0.5, 0.6) is 5.75 Å². The van der Waals surface area contributed by atoms with Crippen LogP contribution in [0.1, 0.15) is 44.6 Å². The summed E-state index contributed by atoms with van der Waals surface area (Å²) >= 11 is 0. The van der Waals surface area contributed by atoms with E-state index in [2.05, 4.69) is 10.6 Å². The van der Waals surface area contributed by atoms with E-state index in [-0.39, 0.29) is 17.9 Å². The normalized spacial score (nSPS) is 17.9. The standard InChI is InChI=1S/C19H27N3O3/c1-2-20-19(24)21-16-8-9-17-15(12-16)13-22(10-11-25-17)18(23)14-6-4-3-5-7-14/h8-9,12,14H,2-7,10-11,13H2,1H3,(H2,20,21,24). The molecule has 0 bridgehead atoms. The van der Waals surface area contributed by atoms with Gasteiger partial charge in [-0.2, -0.15) is 0 Å². The lowest BCUT2D eigenvalue weighted by molar-refractivity contribution is -0.137. The summed E-state index contributed by atoms with van der Waals surface area (Å²) in [4.78, 5) is 26.5. The molecule has 25 heavy (non-hydrogen) atoms. The molecule has 1 aromatic rings. The number of ether oxygens (including phenoxy) is 1. The molecular weight excluding hydrogens is 318 g/mol. The molecule has 136 valence electrons. The van der Waals surface area contributed by atoms with Crippen LogP contribution in [0, 0.1) is 5.92 Å². The third-order valence-corrected chi connectivity index (χ3v) is 4.90. The van der Waals surface area contributed by atoms with Crippen molar-refractivity contribution in [2.24, 2.45) is 5.92 Å². The van der Waals surface area contributed by atoms with E-state index in [4.69, 9.17) is 4.74 Å². The number of carbonyl (C=O) groups excluding carboxylic acids is 2. The molecule has 3 rings (SSSR count). The fourth-order valence-electron chi connectivity index (χ4n) is 3.60. The Morgan fingerprint density at radius 1 is 1.24 bits per heavy atom. The Morgan fingerprint density at radius 3 is 2.80 bits per heavy atom. The fourth-order valence-corrected chi connectivity index (χ4v) is 3.60. The van der Waals surface area contributed by atoms with Crippen LogP contribution in [-0.2, 0) is 11.3 Å². The van der Waals surface area contributed by atoms with Gasteiger partial charge in [0.25, 0.3) is 0 Å². The van der Waals surface area contributed by atoms with Crippen LogP contribution in [-0.4, -0.2) is 36.5 Å². The molecule has 3 amide bonds. The molecule has 1 aromatic carbocycles. The Morgan fingerprint density at radius 2 is 2.04 bits per heavy atom. The van der Waals surface area contributed by atoms with Gasteiger partial charge in [0.05, 0.1) is 6.54 Å². The van der Waals surface area contributed by atoms with E-state index >= 15 is 0 Å². The van der Waals surface area contributed by atoms with Crippen molar-refractivity contribution in [1.82, 2.24) is 10.2 Å². The Hall–Kier alpha value is -2.24. The number of amides is 3. The lowest BCUT2D eigenvalue weighted by Crippen LogP contribution is -2.37. The quantitative estimate of drug-likeness (QED) is 0.884. The van der Waals surface area contributed by atoms with Crippen LogP contribution in [0.15, 0.2) is 18.2 Å². The summed E-state index contributed by atoms with van der Waals surface area (Å²) in [5, 5.41) is 5.52. The number of hydrogen-bond donors (Lipinski definition) is 2. The summed E-state index contributed by atoms with van der Waals surface area (Å²) in [5.41, 5.74) is 1.65. The van der Waals surface area contributed by atoms with Crippen molar-refractivity contribution in [2.75, 3.05) is 25.0 Å². The van der Waals surface area contributed by atoms with E-state index in [1.165, 1.54) is 6.42 Å². The average molecular weight is 345 g/mol. The molecule has 2 aliphatic rings. The molecular formula is C19H27N3O3. The zero-order valence-electron chi connectivity index (χ0n) is 14.8. The van der Waals surface area contributed by atoms with E-state index in [0.717, 1.165) is 37.0 Å². The monoisotopic (exact) mass is 345 g/mol. The first-order valence-electron chi connectivity index (χ1n) is 9.26. The van der Waals surface area contributed by atoms with Gasteiger partial charge in [-0.3, -0.25) is 4.79 Å². The second kappa shape index (κ2) is 8.23. The van der Waals surface area contributed by atoms with Gasteiger partial charge in [-0.05, 0) is 38.0 Å². The van der Waals surface area contributed by atoms with Gasteiger partial charge in [-0.1, -0.05) is 19.3 Å². The summed E-state index contributed by atoms with van der Waals surface area (Å²) in [6, 6.07) is 5.36. The zero-order chi connectivity index (χ0) is 17.6. The molecule has 1 saturated carbocycles. The lowest BCUT2D eigenvalue weighted by atomic mass is 9.88. The second-order valence-electron chi connectivity index (χ2n) is 6.75. The highest BCUT2D eigenvalue weighted by atomic mass is 16.5. The molecule has 1 aliphatic carbocycles. The SMILES string of the molecule is CCNC(=O)Nc1ccc2c(c1)CN(C(=O)C1CCCCC1)CCO2. The Bertz CT molecular complexity index is 626. The third-order valence-electron chi connectivity index (χ3n) is 4.90. The minimum Gasteiger partial charge on any atom is -0.491 e. The van der Waals surface area contributed by atoms with E-state index < -0.39 is 0 Å². The molecule has 0 unspecified atom stereocenters. The summed E-state index contributed by atoms with van der Waals surface area (Å²) in [6.45, 7) is 4.11. The van der Waals surface area contributed by atoms with Crippen LogP contribution in [0.4, 0.5) is 10.5 Å². The average Bonchev–Trinajstić information content (AvgIpc) is 2.84. The predicted molar refractivity (Wildman–Crippen MR) is 96.6 cm³/mol. The van der Waals surface area contributed by atoms with Gasteiger partial charge in [0.2, 0.25) is 5.91 Å². The first-order valence-corrected chi connectivity index (χ1v) is 9.26. The van der Waals surface area contributed by atoms with Gasteiger partial charge >= 0.3 is 6.03 Å². The summed E-state index contributed by atoms with van der Waals surface area (Å²) in [6.07, 6.45) is 5.55. The lowest BCUT2D eigenvalue weighted by Gasteiger charge is -2.28. The molecule has 1 heterocycles. The van der Waals surface area contributed by atoms with Crippen LogP contribution in [0.2, 0.25) is 0 Å². The summed E-state index contributed by atoms with van der Waals surface area (Å²) in [7, 11) is 0. The Balaban J connectivity index is 1.71. The number of carbonyl (C=O) groups is 2. The van der Waals surface area contributed by atoms with E-state index in [1.54, 1.807) is 0 Å². The van der Waals surface area contributed by atoms with Crippen molar-refractivity contribution in [3.8, 4) is 5.75 Å². The van der Waals surface area contributed by atoms with Crippen molar-refractivity contribution < 1.29 is 14.3 Å². The van der Waals surface area contributed by atoms with Gasteiger partial charge in [0.15, 0.2) is 0 Å². The van der Waals surface area contributed by atoms with Crippen molar-refractivity contribution in [3.63, 3.8) is 0 Å². The zero-order valence-corrected chi connectivity index (χ0v) is 14.8. The number of nitrogens with zero attached hydrogens (tertiary/aromatic N) is 1. The van der Waals surface area contributed by atoms with E-state index in [1.807, 2.05) is 30.0 Å². The van der Waals surface area contributed by atoms with Gasteiger partial charge in [-0.25, -0.2) is 4.79 Å². The molecule has 1 aliphatic heterocycles. The molecule has 6 heteroatoms. The van der Waals surface area contributed by atoms with Crippen LogP contribution in [0.3, 0.4) is 0 Å². The molecule has 0 aromatic heterocycles. The molecule has 2 N–H and O–H groups in total. The first kappa shape index (κ1) is 17.6. The minimum atomic E-state index is -0.230. The molecule has 6 nitrogen and oxygen atoms in total. The smallest absolute Gasteiger partial charge is 0.319 e. The highest BCUT2D eigenvalue weighted by Gasteiger charge is 2.28. The van der Waals surface area contributed by atoms with Crippen molar-refractivity contribution in [1.29, 1.82) is 0 Å². The molecule has 0 spiro atoms. The van der Waals surface area contributed by atoms with Gasteiger partial charge in [0.1, 0.15) is 12.4 Å². The fraction of sp³-hybridized carbons (Fsp3) is 0.579. The number of rotatable bonds is 3. The maximum atomic E-state index is 12.9. The molecule has 0 radical (unpaired) electrons. The number of anilines is 1. The van der Waals surface area contributed by atoms with Gasteiger partial charge in [-0.15, -0.1) is 0 Å². The van der Waals surface area contributed by atoms with Crippen molar-refractivity contribution >= 4 is 17.6 Å². The molecule has 1 fully saturated rings. The minimum absolute atomic E-state index is 0.159. The highest BCUT2D eigenvalue weighted by molar-refractivity contribution is 5.89. The van der Waals surface area contributed by atoms with Gasteiger partial charge in [0, 0.05) is 30.3 Å². The first-order chi connectivity index (χ1) is 12.2. The summed E-state index contributed by atoms with van der Waals surface area (Å²) in [5.74, 6) is 1.20. The second-order valence-corrected chi connectivity index (χ2v) is 6.75. The Labute approximate surface area is 148 Å². The third kappa shape index (κ3) is 4.44. The molecule has 0 saturated heterocycles. The molecule has 0 atom stereocenters. The summed E-state index contributed by atoms with van der Waals surface area (Å²) < 4.78 is 5.80. The Kier molecular flexibility index (Phi) is 5.79. The van der Waals surface area contributed by atoms with Crippen LogP contribution in [0.25, 0.3) is 0 Å². The van der Waals surface area contributed by atoms with E-state index in [9.17, 15) is 9.59 Å². The highest BCUT2D eigenvalue weighted by Crippen LogP contribution is 2.30. The van der Waals surface area contributed by atoms with Crippen molar-refractivity contribution in [2.45, 2.75) is 45.6 Å². The van der Waals surface area contributed by atoms with Crippen molar-refractivity contribution in [3.05, 3.63) is 23.8 Å². The number of hydrogen-bond acceptors (Lipinski definition) is 3. The largest absolute Gasteiger partial charge is 0.491 e. The maximum absolute atomic E-state index is 12.9. The number of fused-ring (bicyclic) bond motifs is 1. The van der Waals surface area contributed by atoms with Gasteiger partial charge < -0.3 is 20.3 Å². The van der Waals surface area contributed by atoms with E-state index in [0.29, 0.717) is 31.9 Å². The number of urea groups is 1. The number of nitrogens with one attached hydrogen (secondary N) is 2. The predicted octanol–water partition coefficient (Wildman–Crippen LogP) is 3.13. The van der Waals surface area contributed by atoms with Crippen LogP contribution < -0.4 is 15.4 Å². The maximum Gasteiger partial charge on any atom is 0.319 e.